The van der Waals surface area contributed by atoms with Crippen molar-refractivity contribution in [1.29, 1.82) is 0 Å². The first-order valence-corrected chi connectivity index (χ1v) is 8.95. The summed E-state index contributed by atoms with van der Waals surface area (Å²) >= 11 is 1.30. The van der Waals surface area contributed by atoms with Gasteiger partial charge in [0.05, 0.1) is 0 Å². The average molecular weight is 374 g/mol. The van der Waals surface area contributed by atoms with E-state index in [4.69, 9.17) is 9.47 Å². The molecule has 2 N–H and O–H groups in total. The predicted octanol–water partition coefficient (Wildman–Crippen LogP) is 2.70. The SMILES string of the molecule is CCNC(=O)NC(=O)[C@H](C)OC(=O)c1cc2c(s1)-c1ccccc1OC2. The molecule has 26 heavy (non-hydrogen) atoms. The van der Waals surface area contributed by atoms with Crippen LogP contribution in [0.2, 0.25) is 0 Å². The number of nitrogens with one attached hydrogen (secondary N) is 2. The summed E-state index contributed by atoms with van der Waals surface area (Å²) in [5.41, 5.74) is 1.83. The topological polar surface area (TPSA) is 93.7 Å². The molecule has 0 radical (unpaired) electrons. The van der Waals surface area contributed by atoms with E-state index in [1.54, 1.807) is 13.0 Å². The van der Waals surface area contributed by atoms with Crippen LogP contribution in [-0.4, -0.2) is 30.6 Å². The Morgan fingerprint density at radius 1 is 1.31 bits per heavy atom. The molecule has 8 heteroatoms. The van der Waals surface area contributed by atoms with Crippen LogP contribution in [0.1, 0.15) is 29.1 Å². The second kappa shape index (κ2) is 7.57. The molecular formula is C18H18N2O5S. The molecule has 2 aromatic rings. The second-order valence-electron chi connectivity index (χ2n) is 5.65. The number of fused-ring (bicyclic) bond motifs is 3. The maximum atomic E-state index is 12.4. The van der Waals surface area contributed by atoms with Gasteiger partial charge in [0.25, 0.3) is 5.91 Å². The molecule has 1 aliphatic heterocycles. The van der Waals surface area contributed by atoms with Crippen molar-refractivity contribution in [2.75, 3.05) is 6.54 Å². The van der Waals surface area contributed by atoms with E-state index in [1.807, 2.05) is 24.3 Å². The standard InChI is InChI=1S/C18H18N2O5S/c1-3-19-18(23)20-16(21)10(2)25-17(22)14-8-11-9-24-13-7-5-4-6-12(13)15(11)26-14/h4-8,10H,3,9H2,1-2H3,(H2,19,20,21,23)/t10-/m0/s1. The highest BCUT2D eigenvalue weighted by molar-refractivity contribution is 7.17. The minimum atomic E-state index is -1.09. The number of rotatable bonds is 4. The third-order valence-corrected chi connectivity index (χ3v) is 4.94. The van der Waals surface area contributed by atoms with Gasteiger partial charge in [-0.15, -0.1) is 11.3 Å². The lowest BCUT2D eigenvalue weighted by molar-refractivity contribution is -0.127. The van der Waals surface area contributed by atoms with E-state index >= 15 is 0 Å². The molecule has 0 fully saturated rings. The molecule has 0 spiro atoms. The summed E-state index contributed by atoms with van der Waals surface area (Å²) in [7, 11) is 0. The molecule has 1 aromatic carbocycles. The zero-order valence-electron chi connectivity index (χ0n) is 14.3. The lowest BCUT2D eigenvalue weighted by atomic mass is 10.1. The molecule has 0 bridgehead atoms. The number of urea groups is 1. The zero-order chi connectivity index (χ0) is 18.7. The largest absolute Gasteiger partial charge is 0.488 e. The number of hydrogen-bond acceptors (Lipinski definition) is 6. The average Bonchev–Trinajstić information content (AvgIpc) is 3.06. The van der Waals surface area contributed by atoms with Crippen molar-refractivity contribution in [1.82, 2.24) is 10.6 Å². The molecule has 3 rings (SSSR count). The van der Waals surface area contributed by atoms with Gasteiger partial charge < -0.3 is 14.8 Å². The van der Waals surface area contributed by atoms with Crippen LogP contribution in [-0.2, 0) is 16.1 Å². The Morgan fingerprint density at radius 3 is 2.85 bits per heavy atom. The zero-order valence-corrected chi connectivity index (χ0v) is 15.1. The minimum absolute atomic E-state index is 0.378. The molecule has 1 aliphatic rings. The number of carbonyl (C=O) groups excluding carboxylic acids is 3. The number of esters is 1. The lowest BCUT2D eigenvalue weighted by Crippen LogP contribution is -2.44. The van der Waals surface area contributed by atoms with E-state index in [0.29, 0.717) is 18.0 Å². The third-order valence-electron chi connectivity index (χ3n) is 3.75. The first kappa shape index (κ1) is 17.9. The fourth-order valence-electron chi connectivity index (χ4n) is 2.49. The summed E-state index contributed by atoms with van der Waals surface area (Å²) in [6.07, 6.45) is -1.09. The third kappa shape index (κ3) is 3.70. The lowest BCUT2D eigenvalue weighted by Gasteiger charge is -2.16. The van der Waals surface area contributed by atoms with Crippen molar-refractivity contribution in [2.45, 2.75) is 26.6 Å². The van der Waals surface area contributed by atoms with Gasteiger partial charge in [0, 0.05) is 22.5 Å². The van der Waals surface area contributed by atoms with Crippen molar-refractivity contribution in [2.24, 2.45) is 0 Å². The number of imide groups is 1. The van der Waals surface area contributed by atoms with E-state index in [-0.39, 0.29) is 0 Å². The van der Waals surface area contributed by atoms with Crippen molar-refractivity contribution < 1.29 is 23.9 Å². The van der Waals surface area contributed by atoms with Gasteiger partial charge in [-0.2, -0.15) is 0 Å². The molecule has 7 nitrogen and oxygen atoms in total. The number of carbonyl (C=O) groups is 3. The number of hydrogen-bond donors (Lipinski definition) is 2. The molecule has 1 aromatic heterocycles. The fraction of sp³-hybridized carbons (Fsp3) is 0.278. The Kier molecular flexibility index (Phi) is 5.22. The second-order valence-corrected chi connectivity index (χ2v) is 6.70. The van der Waals surface area contributed by atoms with Crippen LogP contribution in [0.3, 0.4) is 0 Å². The summed E-state index contributed by atoms with van der Waals surface area (Å²) in [6, 6.07) is 8.70. The Morgan fingerprint density at radius 2 is 2.08 bits per heavy atom. The maximum absolute atomic E-state index is 12.4. The monoisotopic (exact) mass is 374 g/mol. The van der Waals surface area contributed by atoms with E-state index in [2.05, 4.69) is 10.6 Å². The Labute approximate surface area is 154 Å². The summed E-state index contributed by atoms with van der Waals surface area (Å²) in [5, 5.41) is 4.55. The van der Waals surface area contributed by atoms with Gasteiger partial charge in [-0.3, -0.25) is 10.1 Å². The number of thiophene rings is 1. The first-order chi connectivity index (χ1) is 12.5. The van der Waals surface area contributed by atoms with Crippen LogP contribution in [0.15, 0.2) is 30.3 Å². The van der Waals surface area contributed by atoms with Gasteiger partial charge in [0.2, 0.25) is 0 Å². The molecule has 1 atom stereocenters. The van der Waals surface area contributed by atoms with Crippen LogP contribution >= 0.6 is 11.3 Å². The highest BCUT2D eigenvalue weighted by Gasteiger charge is 2.25. The molecule has 0 saturated carbocycles. The Hall–Kier alpha value is -2.87. The number of amides is 3. The van der Waals surface area contributed by atoms with Crippen LogP contribution in [0, 0.1) is 0 Å². The van der Waals surface area contributed by atoms with Gasteiger partial charge in [0.15, 0.2) is 6.10 Å². The number of para-hydroxylation sites is 1. The van der Waals surface area contributed by atoms with Gasteiger partial charge in [-0.05, 0) is 32.0 Å². The van der Waals surface area contributed by atoms with Crippen LogP contribution in [0.5, 0.6) is 5.75 Å². The van der Waals surface area contributed by atoms with Crippen molar-refractivity contribution in [3.05, 3.63) is 40.8 Å². The van der Waals surface area contributed by atoms with Crippen LogP contribution in [0.4, 0.5) is 4.79 Å². The minimum Gasteiger partial charge on any atom is -0.488 e. The van der Waals surface area contributed by atoms with Crippen molar-refractivity contribution in [3.63, 3.8) is 0 Å². The molecule has 2 heterocycles. The molecule has 0 unspecified atom stereocenters. The van der Waals surface area contributed by atoms with E-state index in [1.165, 1.54) is 18.3 Å². The first-order valence-electron chi connectivity index (χ1n) is 8.14. The van der Waals surface area contributed by atoms with Crippen LogP contribution in [0.25, 0.3) is 10.4 Å². The summed E-state index contributed by atoms with van der Waals surface area (Å²) < 4.78 is 10.9. The highest BCUT2D eigenvalue weighted by Crippen LogP contribution is 2.42. The summed E-state index contributed by atoms with van der Waals surface area (Å²) in [5.74, 6) is -0.517. The molecule has 0 saturated heterocycles. The van der Waals surface area contributed by atoms with E-state index in [9.17, 15) is 14.4 Å². The normalized spacial score (nSPS) is 12.8. The molecular weight excluding hydrogens is 356 g/mol. The molecule has 136 valence electrons. The van der Waals surface area contributed by atoms with E-state index in [0.717, 1.165) is 21.8 Å². The quantitative estimate of drug-likeness (QED) is 0.803. The van der Waals surface area contributed by atoms with Gasteiger partial charge in [-0.1, -0.05) is 12.1 Å². The highest BCUT2D eigenvalue weighted by atomic mass is 32.1. The Bertz CT molecular complexity index is 861. The van der Waals surface area contributed by atoms with Crippen LogP contribution < -0.4 is 15.4 Å². The van der Waals surface area contributed by atoms with Crippen molar-refractivity contribution in [3.8, 4) is 16.2 Å². The summed E-state index contributed by atoms with van der Waals surface area (Å²) in [6.45, 7) is 3.91. The Balaban J connectivity index is 1.69. The fourth-order valence-corrected chi connectivity index (χ4v) is 3.57. The number of benzene rings is 1. The number of ether oxygens (including phenoxy) is 2. The van der Waals surface area contributed by atoms with Gasteiger partial charge in [-0.25, -0.2) is 9.59 Å². The smallest absolute Gasteiger partial charge is 0.349 e. The maximum Gasteiger partial charge on any atom is 0.349 e. The summed E-state index contributed by atoms with van der Waals surface area (Å²) in [4.78, 5) is 37.0. The predicted molar refractivity (Wildman–Crippen MR) is 96.2 cm³/mol. The van der Waals surface area contributed by atoms with Crippen molar-refractivity contribution >= 4 is 29.2 Å². The van der Waals surface area contributed by atoms with Gasteiger partial charge >= 0.3 is 12.0 Å². The molecule has 0 aliphatic carbocycles. The molecule has 3 amide bonds. The van der Waals surface area contributed by atoms with Gasteiger partial charge in [0.1, 0.15) is 17.2 Å². The van der Waals surface area contributed by atoms with E-state index < -0.39 is 24.0 Å².